The lowest BCUT2D eigenvalue weighted by Crippen LogP contribution is -2.46. The maximum Gasteiger partial charge on any atom is 0.408 e. The molecular weight excluding hydrogens is 378 g/mol. The molecule has 7 heteroatoms. The molecule has 148 valence electrons. The Bertz CT molecular complexity index is 868. The molecule has 1 heterocycles. The molecule has 28 heavy (non-hydrogen) atoms. The van der Waals surface area contributed by atoms with Crippen molar-refractivity contribution in [3.63, 3.8) is 0 Å². The summed E-state index contributed by atoms with van der Waals surface area (Å²) in [7, 11) is 0. The van der Waals surface area contributed by atoms with Crippen molar-refractivity contribution in [3.05, 3.63) is 57.8 Å². The predicted molar refractivity (Wildman–Crippen MR) is 106 cm³/mol. The average molecular weight is 401 g/mol. The molecule has 0 saturated carbocycles. The number of benzene rings is 1. The summed E-state index contributed by atoms with van der Waals surface area (Å²) >= 11 is 1.35. The molecular formula is C21H23NO5S. The third-order valence-electron chi connectivity index (χ3n) is 4.18. The van der Waals surface area contributed by atoms with Gasteiger partial charge in [-0.15, -0.1) is 11.3 Å². The van der Waals surface area contributed by atoms with E-state index >= 15 is 0 Å². The van der Waals surface area contributed by atoms with E-state index in [1.165, 1.54) is 11.3 Å². The molecule has 0 radical (unpaired) electrons. The number of carbonyl (C=O) groups is 3. The van der Waals surface area contributed by atoms with Crippen molar-refractivity contribution in [2.24, 2.45) is 0 Å². The SMILES string of the molecule is CC(C)(C)OC(=O)N[C@@H](Cc1ccccc1)C(=O)O[C@@H]1Cc2ccsc2C1=O. The second-order valence-electron chi connectivity index (χ2n) is 7.66. The Morgan fingerprint density at radius 1 is 1.21 bits per heavy atom. The monoisotopic (exact) mass is 401 g/mol. The first-order valence-corrected chi connectivity index (χ1v) is 9.95. The summed E-state index contributed by atoms with van der Waals surface area (Å²) in [6.07, 6.45) is -0.939. The number of fused-ring (bicyclic) bond motifs is 1. The maximum atomic E-state index is 12.8. The Hall–Kier alpha value is -2.67. The van der Waals surface area contributed by atoms with Gasteiger partial charge in [0.1, 0.15) is 11.6 Å². The number of rotatable bonds is 5. The topological polar surface area (TPSA) is 81.7 Å². The van der Waals surface area contributed by atoms with Crippen LogP contribution in [-0.2, 0) is 27.1 Å². The molecule has 0 aliphatic heterocycles. The Morgan fingerprint density at radius 2 is 1.93 bits per heavy atom. The number of amides is 1. The van der Waals surface area contributed by atoms with Crippen molar-refractivity contribution in [1.82, 2.24) is 5.32 Å². The second kappa shape index (κ2) is 8.14. The van der Waals surface area contributed by atoms with Crippen LogP contribution in [0.25, 0.3) is 0 Å². The highest BCUT2D eigenvalue weighted by molar-refractivity contribution is 7.12. The van der Waals surface area contributed by atoms with E-state index in [2.05, 4.69) is 5.32 Å². The third kappa shape index (κ3) is 4.98. The van der Waals surface area contributed by atoms with Gasteiger partial charge in [-0.05, 0) is 43.3 Å². The first kappa shape index (κ1) is 20.1. The molecule has 6 nitrogen and oxygen atoms in total. The van der Waals surface area contributed by atoms with E-state index in [0.717, 1.165) is 11.1 Å². The molecule has 0 saturated heterocycles. The highest BCUT2D eigenvalue weighted by Crippen LogP contribution is 2.29. The molecule has 0 unspecified atom stereocenters. The minimum Gasteiger partial charge on any atom is -0.452 e. The van der Waals surface area contributed by atoms with Crippen molar-refractivity contribution in [2.45, 2.75) is 51.4 Å². The van der Waals surface area contributed by atoms with Crippen LogP contribution < -0.4 is 5.32 Å². The van der Waals surface area contributed by atoms with Crippen LogP contribution in [0.5, 0.6) is 0 Å². The van der Waals surface area contributed by atoms with Crippen molar-refractivity contribution in [3.8, 4) is 0 Å². The zero-order valence-electron chi connectivity index (χ0n) is 16.1. The lowest BCUT2D eigenvalue weighted by atomic mass is 10.1. The fourth-order valence-electron chi connectivity index (χ4n) is 2.96. The minimum atomic E-state index is -0.955. The average Bonchev–Trinajstić information content (AvgIpc) is 3.17. The largest absolute Gasteiger partial charge is 0.452 e. The number of hydrogen-bond acceptors (Lipinski definition) is 6. The van der Waals surface area contributed by atoms with Crippen LogP contribution in [0.15, 0.2) is 41.8 Å². The third-order valence-corrected chi connectivity index (χ3v) is 5.16. The quantitative estimate of drug-likeness (QED) is 0.775. The van der Waals surface area contributed by atoms with Gasteiger partial charge in [0.15, 0.2) is 6.10 Å². The molecule has 1 amide bonds. The van der Waals surface area contributed by atoms with Crippen molar-refractivity contribution in [2.75, 3.05) is 0 Å². The van der Waals surface area contributed by atoms with E-state index in [1.807, 2.05) is 41.8 Å². The molecule has 0 fully saturated rings. The van der Waals surface area contributed by atoms with Crippen LogP contribution >= 0.6 is 11.3 Å². The summed E-state index contributed by atoms with van der Waals surface area (Å²) in [5.74, 6) is -0.836. The molecule has 1 aromatic heterocycles. The van der Waals surface area contributed by atoms with Gasteiger partial charge in [-0.1, -0.05) is 30.3 Å². The predicted octanol–water partition coefficient (Wildman–Crippen LogP) is 3.53. The van der Waals surface area contributed by atoms with E-state index in [1.54, 1.807) is 20.8 Å². The highest BCUT2D eigenvalue weighted by atomic mass is 32.1. The van der Waals surface area contributed by atoms with Gasteiger partial charge in [0.25, 0.3) is 0 Å². The van der Waals surface area contributed by atoms with Crippen molar-refractivity contribution < 1.29 is 23.9 Å². The number of Topliss-reactive ketones (excluding diaryl/α,β-unsaturated/α-hetero) is 1. The van der Waals surface area contributed by atoms with Gasteiger partial charge in [0.05, 0.1) is 4.88 Å². The van der Waals surface area contributed by atoms with E-state index in [4.69, 9.17) is 9.47 Å². The van der Waals surface area contributed by atoms with Crippen LogP contribution in [0.3, 0.4) is 0 Å². The van der Waals surface area contributed by atoms with Crippen LogP contribution in [0.4, 0.5) is 4.79 Å². The van der Waals surface area contributed by atoms with E-state index in [9.17, 15) is 14.4 Å². The van der Waals surface area contributed by atoms with Gasteiger partial charge in [-0.25, -0.2) is 9.59 Å². The van der Waals surface area contributed by atoms with E-state index in [-0.39, 0.29) is 12.2 Å². The number of hydrogen-bond donors (Lipinski definition) is 1. The maximum absolute atomic E-state index is 12.8. The van der Waals surface area contributed by atoms with Gasteiger partial charge in [-0.3, -0.25) is 4.79 Å². The minimum absolute atomic E-state index is 0.186. The first-order chi connectivity index (χ1) is 13.2. The van der Waals surface area contributed by atoms with Gasteiger partial charge in [0.2, 0.25) is 5.78 Å². The van der Waals surface area contributed by atoms with Gasteiger partial charge in [-0.2, -0.15) is 0 Å². The normalized spacial score (nSPS) is 17.0. The summed E-state index contributed by atoms with van der Waals surface area (Å²) in [4.78, 5) is 38.0. The molecule has 3 rings (SSSR count). The van der Waals surface area contributed by atoms with Crippen molar-refractivity contribution >= 4 is 29.2 Å². The Labute approximate surface area is 167 Å². The number of nitrogens with one attached hydrogen (secondary N) is 1. The lowest BCUT2D eigenvalue weighted by Gasteiger charge is -2.23. The number of esters is 1. The Morgan fingerprint density at radius 3 is 2.57 bits per heavy atom. The Kier molecular flexibility index (Phi) is 5.84. The van der Waals surface area contributed by atoms with Gasteiger partial charge in [0, 0.05) is 12.8 Å². The number of ether oxygens (including phenoxy) is 2. The van der Waals surface area contributed by atoms with Crippen LogP contribution in [0.1, 0.15) is 41.6 Å². The molecule has 2 aromatic rings. The number of thiophene rings is 1. The van der Waals surface area contributed by atoms with Crippen LogP contribution in [0.2, 0.25) is 0 Å². The standard InChI is InChI=1S/C21H23NO5S/c1-21(2,3)27-20(25)22-15(11-13-7-5-4-6-8-13)19(24)26-16-12-14-9-10-28-18(14)17(16)23/h4-10,15-16H,11-12H2,1-3H3,(H,22,25)/t15-,16+/m0/s1. The van der Waals surface area contributed by atoms with Gasteiger partial charge < -0.3 is 14.8 Å². The molecule has 1 aliphatic rings. The van der Waals surface area contributed by atoms with Crippen LogP contribution in [-0.4, -0.2) is 35.6 Å². The fourth-order valence-corrected chi connectivity index (χ4v) is 3.88. The summed E-state index contributed by atoms with van der Waals surface area (Å²) in [5.41, 5.74) is 1.06. The fraction of sp³-hybridized carbons (Fsp3) is 0.381. The summed E-state index contributed by atoms with van der Waals surface area (Å²) in [6.45, 7) is 5.23. The smallest absolute Gasteiger partial charge is 0.408 e. The number of ketones is 1. The summed E-state index contributed by atoms with van der Waals surface area (Å²) in [6, 6.07) is 10.2. The van der Waals surface area contributed by atoms with E-state index < -0.39 is 29.8 Å². The molecule has 1 aliphatic carbocycles. The lowest BCUT2D eigenvalue weighted by molar-refractivity contribution is -0.149. The summed E-state index contributed by atoms with van der Waals surface area (Å²) in [5, 5.41) is 4.43. The summed E-state index contributed by atoms with van der Waals surface area (Å²) < 4.78 is 10.7. The number of carbonyl (C=O) groups excluding carboxylic acids is 3. The molecule has 1 N–H and O–H groups in total. The highest BCUT2D eigenvalue weighted by Gasteiger charge is 2.36. The Balaban J connectivity index is 1.70. The zero-order valence-corrected chi connectivity index (χ0v) is 16.9. The second-order valence-corrected chi connectivity index (χ2v) is 8.57. The molecule has 1 aromatic carbocycles. The van der Waals surface area contributed by atoms with Gasteiger partial charge >= 0.3 is 12.1 Å². The van der Waals surface area contributed by atoms with E-state index in [0.29, 0.717) is 11.3 Å². The zero-order chi connectivity index (χ0) is 20.3. The van der Waals surface area contributed by atoms with Crippen molar-refractivity contribution in [1.29, 1.82) is 0 Å². The number of alkyl carbamates (subject to hydrolysis) is 1. The van der Waals surface area contributed by atoms with Crippen LogP contribution in [0, 0.1) is 0 Å². The molecule has 0 bridgehead atoms. The first-order valence-electron chi connectivity index (χ1n) is 9.07. The molecule has 2 atom stereocenters. The molecule has 0 spiro atoms.